The van der Waals surface area contributed by atoms with Crippen LogP contribution in [0.5, 0.6) is 17.2 Å². The third-order valence-corrected chi connectivity index (χ3v) is 5.29. The molecule has 1 unspecified atom stereocenters. The molecule has 1 aliphatic heterocycles. The molecule has 1 aromatic heterocycles. The Balaban J connectivity index is 1.79. The van der Waals surface area contributed by atoms with Gasteiger partial charge < -0.3 is 24.1 Å². The standard InChI is InChI=1S/C23H23ClN2O5/c1-4-29-14-6-8-18(30-5-2)17(10-14)25-23(28)15-12-26-11-13(3)31-19-9-7-16(24)20(21(19)26)22(15)27/h6-10,12-13H,4-5,11H2,1-3H3,(H,25,28). The van der Waals surface area contributed by atoms with Crippen LogP contribution in [0.25, 0.3) is 10.9 Å². The summed E-state index contributed by atoms with van der Waals surface area (Å²) in [6.07, 6.45) is 1.45. The van der Waals surface area contributed by atoms with Crippen LogP contribution in [0.1, 0.15) is 31.1 Å². The van der Waals surface area contributed by atoms with Crippen molar-refractivity contribution >= 4 is 34.1 Å². The summed E-state index contributed by atoms with van der Waals surface area (Å²) in [5.41, 5.74) is 0.561. The van der Waals surface area contributed by atoms with Gasteiger partial charge in [-0.3, -0.25) is 9.59 Å². The first-order valence-corrected chi connectivity index (χ1v) is 10.5. The zero-order valence-corrected chi connectivity index (χ0v) is 18.3. The van der Waals surface area contributed by atoms with Gasteiger partial charge in [0.05, 0.1) is 41.4 Å². The number of pyridine rings is 1. The summed E-state index contributed by atoms with van der Waals surface area (Å²) in [5, 5.41) is 3.35. The second-order valence-corrected chi connectivity index (χ2v) is 7.61. The Morgan fingerprint density at radius 1 is 1.23 bits per heavy atom. The van der Waals surface area contributed by atoms with Crippen LogP contribution in [0.15, 0.2) is 41.3 Å². The number of benzene rings is 2. The monoisotopic (exact) mass is 442 g/mol. The summed E-state index contributed by atoms with van der Waals surface area (Å²) in [5.74, 6) is 1.10. The summed E-state index contributed by atoms with van der Waals surface area (Å²) >= 11 is 6.35. The molecular formula is C23H23ClN2O5. The van der Waals surface area contributed by atoms with Crippen molar-refractivity contribution in [2.75, 3.05) is 18.5 Å². The first-order chi connectivity index (χ1) is 14.9. The Bertz CT molecular complexity index is 1220. The smallest absolute Gasteiger partial charge is 0.261 e. The maximum Gasteiger partial charge on any atom is 0.261 e. The number of nitrogens with zero attached hydrogens (tertiary/aromatic N) is 1. The summed E-state index contributed by atoms with van der Waals surface area (Å²) in [6.45, 7) is 7.06. The van der Waals surface area contributed by atoms with Crippen LogP contribution in [0.2, 0.25) is 5.02 Å². The zero-order valence-electron chi connectivity index (χ0n) is 17.5. The van der Waals surface area contributed by atoms with E-state index in [1.54, 1.807) is 36.5 Å². The van der Waals surface area contributed by atoms with E-state index in [1.165, 1.54) is 0 Å². The molecule has 1 N–H and O–H groups in total. The van der Waals surface area contributed by atoms with Crippen LogP contribution in [0.4, 0.5) is 5.69 Å². The minimum absolute atomic E-state index is 0.00934. The van der Waals surface area contributed by atoms with Gasteiger partial charge in [0.1, 0.15) is 28.9 Å². The van der Waals surface area contributed by atoms with Crippen molar-refractivity contribution in [1.82, 2.24) is 4.57 Å². The van der Waals surface area contributed by atoms with Gasteiger partial charge >= 0.3 is 0 Å². The zero-order chi connectivity index (χ0) is 22.1. The van der Waals surface area contributed by atoms with Gasteiger partial charge in [-0.05, 0) is 45.0 Å². The van der Waals surface area contributed by atoms with Crippen molar-refractivity contribution in [3.63, 3.8) is 0 Å². The number of amides is 1. The van der Waals surface area contributed by atoms with Crippen LogP contribution in [-0.4, -0.2) is 29.8 Å². The fourth-order valence-corrected chi connectivity index (χ4v) is 3.97. The van der Waals surface area contributed by atoms with Crippen LogP contribution in [-0.2, 0) is 6.54 Å². The number of ether oxygens (including phenoxy) is 3. The molecule has 0 bridgehead atoms. The fraction of sp³-hybridized carbons (Fsp3) is 0.304. The second kappa shape index (κ2) is 8.51. The molecule has 0 fully saturated rings. The number of anilines is 1. The number of carbonyl (C=O) groups is 1. The maximum atomic E-state index is 13.2. The number of halogens is 1. The summed E-state index contributed by atoms with van der Waals surface area (Å²) < 4.78 is 18.8. The third kappa shape index (κ3) is 3.93. The molecule has 2 heterocycles. The number of carbonyl (C=O) groups excluding carboxylic acids is 1. The van der Waals surface area contributed by atoms with E-state index in [4.69, 9.17) is 25.8 Å². The van der Waals surface area contributed by atoms with Crippen LogP contribution in [0.3, 0.4) is 0 Å². The van der Waals surface area contributed by atoms with Crippen molar-refractivity contribution in [2.24, 2.45) is 0 Å². The van der Waals surface area contributed by atoms with Crippen molar-refractivity contribution in [3.8, 4) is 17.2 Å². The lowest BCUT2D eigenvalue weighted by Gasteiger charge is -2.26. The average Bonchev–Trinajstić information content (AvgIpc) is 2.73. The SMILES string of the molecule is CCOc1ccc(OCC)c(NC(=O)c2cn3c4c(ccc(Cl)c4c2=O)OC(C)C3)c1. The van der Waals surface area contributed by atoms with Crippen LogP contribution in [0, 0.1) is 0 Å². The second-order valence-electron chi connectivity index (χ2n) is 7.20. The van der Waals surface area contributed by atoms with Crippen molar-refractivity contribution in [1.29, 1.82) is 0 Å². The number of nitrogens with one attached hydrogen (secondary N) is 1. The van der Waals surface area contributed by atoms with Gasteiger partial charge in [0.25, 0.3) is 5.91 Å². The Morgan fingerprint density at radius 2 is 2.00 bits per heavy atom. The first kappa shape index (κ1) is 21.1. The largest absolute Gasteiger partial charge is 0.494 e. The molecule has 0 radical (unpaired) electrons. The van der Waals surface area contributed by atoms with E-state index in [1.807, 2.05) is 25.3 Å². The molecule has 2 aromatic carbocycles. The molecule has 0 aliphatic carbocycles. The Morgan fingerprint density at radius 3 is 2.74 bits per heavy atom. The predicted octanol–water partition coefficient (Wildman–Crippen LogP) is 4.49. The van der Waals surface area contributed by atoms with E-state index in [2.05, 4.69) is 5.32 Å². The topological polar surface area (TPSA) is 78.8 Å². The molecule has 0 saturated heterocycles. The normalized spacial score (nSPS) is 14.8. The van der Waals surface area contributed by atoms with Crippen LogP contribution < -0.4 is 25.0 Å². The molecule has 8 heteroatoms. The lowest BCUT2D eigenvalue weighted by Crippen LogP contribution is -2.30. The quantitative estimate of drug-likeness (QED) is 0.608. The minimum atomic E-state index is -0.550. The van der Waals surface area contributed by atoms with E-state index in [-0.39, 0.29) is 22.1 Å². The van der Waals surface area contributed by atoms with Gasteiger partial charge in [0, 0.05) is 12.3 Å². The molecule has 1 atom stereocenters. The highest BCUT2D eigenvalue weighted by Gasteiger charge is 2.25. The highest BCUT2D eigenvalue weighted by Crippen LogP contribution is 2.34. The minimum Gasteiger partial charge on any atom is -0.494 e. The molecule has 31 heavy (non-hydrogen) atoms. The molecule has 7 nitrogen and oxygen atoms in total. The lowest BCUT2D eigenvalue weighted by molar-refractivity contribution is 0.102. The van der Waals surface area contributed by atoms with Crippen molar-refractivity contribution in [3.05, 3.63) is 57.3 Å². The summed E-state index contributed by atoms with van der Waals surface area (Å²) in [7, 11) is 0. The van der Waals surface area contributed by atoms with Gasteiger partial charge in [-0.1, -0.05) is 11.6 Å². The number of hydrogen-bond acceptors (Lipinski definition) is 5. The molecule has 0 saturated carbocycles. The molecular weight excluding hydrogens is 420 g/mol. The molecule has 1 aliphatic rings. The number of rotatable bonds is 6. The maximum absolute atomic E-state index is 13.2. The van der Waals surface area contributed by atoms with E-state index in [9.17, 15) is 9.59 Å². The first-order valence-electron chi connectivity index (χ1n) is 10.2. The lowest BCUT2D eigenvalue weighted by atomic mass is 10.1. The van der Waals surface area contributed by atoms with E-state index < -0.39 is 11.3 Å². The van der Waals surface area contributed by atoms with E-state index in [0.29, 0.717) is 48.2 Å². The third-order valence-electron chi connectivity index (χ3n) is 4.97. The van der Waals surface area contributed by atoms with Gasteiger partial charge in [-0.25, -0.2) is 0 Å². The van der Waals surface area contributed by atoms with Gasteiger partial charge in [-0.2, -0.15) is 0 Å². The van der Waals surface area contributed by atoms with Gasteiger partial charge in [0.15, 0.2) is 0 Å². The fourth-order valence-electron chi connectivity index (χ4n) is 3.73. The summed E-state index contributed by atoms with van der Waals surface area (Å²) in [6, 6.07) is 8.52. The Kier molecular flexibility index (Phi) is 5.78. The van der Waals surface area contributed by atoms with Gasteiger partial charge in [-0.15, -0.1) is 0 Å². The number of hydrogen-bond donors (Lipinski definition) is 1. The van der Waals surface area contributed by atoms with E-state index in [0.717, 1.165) is 0 Å². The molecule has 0 spiro atoms. The summed E-state index contributed by atoms with van der Waals surface area (Å²) in [4.78, 5) is 26.4. The van der Waals surface area contributed by atoms with Gasteiger partial charge in [0.2, 0.25) is 5.43 Å². The Labute approximate surface area is 184 Å². The highest BCUT2D eigenvalue weighted by molar-refractivity contribution is 6.35. The molecule has 162 valence electrons. The van der Waals surface area contributed by atoms with E-state index >= 15 is 0 Å². The molecule has 1 amide bonds. The van der Waals surface area contributed by atoms with Crippen molar-refractivity contribution in [2.45, 2.75) is 33.4 Å². The van der Waals surface area contributed by atoms with Crippen LogP contribution >= 0.6 is 11.6 Å². The Hall–Kier alpha value is -3.19. The highest BCUT2D eigenvalue weighted by atomic mass is 35.5. The van der Waals surface area contributed by atoms with Crippen molar-refractivity contribution < 1.29 is 19.0 Å². The molecule has 3 aromatic rings. The predicted molar refractivity (Wildman–Crippen MR) is 120 cm³/mol. The number of aromatic nitrogens is 1. The molecule has 4 rings (SSSR count). The average molecular weight is 443 g/mol.